The predicted molar refractivity (Wildman–Crippen MR) is 65.8 cm³/mol. The Kier molecular flexibility index (Phi) is 2.82. The summed E-state index contributed by atoms with van der Waals surface area (Å²) in [4.78, 5) is 4.65. The van der Waals surface area contributed by atoms with Gasteiger partial charge in [0.1, 0.15) is 0 Å². The van der Waals surface area contributed by atoms with Crippen LogP contribution >= 0.6 is 0 Å². The van der Waals surface area contributed by atoms with Gasteiger partial charge in [0, 0.05) is 5.39 Å². The van der Waals surface area contributed by atoms with Crippen LogP contribution in [0.4, 0.5) is 0 Å². The smallest absolute Gasteiger partial charge is 0.0709 e. The number of nitrogens with zero attached hydrogens (tertiary/aromatic N) is 1. The van der Waals surface area contributed by atoms with Crippen molar-refractivity contribution in [3.8, 4) is 0 Å². The lowest BCUT2D eigenvalue weighted by molar-refractivity contribution is 1.11. The van der Waals surface area contributed by atoms with Crippen LogP contribution in [0.25, 0.3) is 17.0 Å². The molecule has 2 rings (SSSR count). The monoisotopic (exact) mass is 197 g/mol. The molecule has 0 amide bonds. The van der Waals surface area contributed by atoms with Crippen LogP contribution in [-0.4, -0.2) is 4.98 Å². The Hall–Kier alpha value is -1.63. The van der Waals surface area contributed by atoms with Crippen molar-refractivity contribution < 1.29 is 0 Å². The van der Waals surface area contributed by atoms with E-state index < -0.39 is 0 Å². The third-order valence-corrected chi connectivity index (χ3v) is 2.54. The van der Waals surface area contributed by atoms with Gasteiger partial charge in [-0.25, -0.2) is 4.98 Å². The Morgan fingerprint density at radius 3 is 2.80 bits per heavy atom. The maximum atomic E-state index is 4.65. The van der Waals surface area contributed by atoms with Gasteiger partial charge in [-0.2, -0.15) is 0 Å². The van der Waals surface area contributed by atoms with Crippen molar-refractivity contribution >= 4 is 17.0 Å². The second-order valence-electron chi connectivity index (χ2n) is 3.58. The number of hydrogen-bond acceptors (Lipinski definition) is 1. The van der Waals surface area contributed by atoms with E-state index >= 15 is 0 Å². The van der Waals surface area contributed by atoms with Crippen molar-refractivity contribution in [2.45, 2.75) is 20.3 Å². The number of aryl methyl sites for hydroxylation is 1. The second kappa shape index (κ2) is 4.26. The SMILES string of the molecule is C/C=C\c1nc2ccccc2cc1CC. The Balaban J connectivity index is 2.69. The van der Waals surface area contributed by atoms with Gasteiger partial charge in [-0.1, -0.05) is 31.2 Å². The minimum absolute atomic E-state index is 1.03. The second-order valence-corrected chi connectivity index (χ2v) is 3.58. The van der Waals surface area contributed by atoms with Crippen molar-refractivity contribution in [3.05, 3.63) is 47.7 Å². The molecule has 0 radical (unpaired) electrons. The van der Waals surface area contributed by atoms with Gasteiger partial charge in [-0.3, -0.25) is 0 Å². The minimum atomic E-state index is 1.03. The molecule has 2 aromatic rings. The lowest BCUT2D eigenvalue weighted by atomic mass is 10.1. The van der Waals surface area contributed by atoms with Gasteiger partial charge in [0.25, 0.3) is 0 Å². The summed E-state index contributed by atoms with van der Waals surface area (Å²) in [6, 6.07) is 10.5. The van der Waals surface area contributed by atoms with Crippen LogP contribution in [0.5, 0.6) is 0 Å². The van der Waals surface area contributed by atoms with E-state index in [1.54, 1.807) is 0 Å². The van der Waals surface area contributed by atoms with Gasteiger partial charge in [0.15, 0.2) is 0 Å². The quantitative estimate of drug-likeness (QED) is 0.713. The van der Waals surface area contributed by atoms with E-state index in [9.17, 15) is 0 Å². The van der Waals surface area contributed by atoms with Gasteiger partial charge < -0.3 is 0 Å². The lowest BCUT2D eigenvalue weighted by Gasteiger charge is -2.05. The Labute approximate surface area is 90.5 Å². The summed E-state index contributed by atoms with van der Waals surface area (Å²) in [6.07, 6.45) is 5.14. The Bertz CT molecular complexity index is 498. The van der Waals surface area contributed by atoms with Crippen LogP contribution < -0.4 is 0 Å². The summed E-state index contributed by atoms with van der Waals surface area (Å²) in [7, 11) is 0. The Morgan fingerprint density at radius 1 is 1.27 bits per heavy atom. The first kappa shape index (κ1) is 9.91. The van der Waals surface area contributed by atoms with Crippen LogP contribution in [0, 0.1) is 0 Å². The molecule has 15 heavy (non-hydrogen) atoms. The molecule has 0 fully saturated rings. The fourth-order valence-electron chi connectivity index (χ4n) is 1.76. The van der Waals surface area contributed by atoms with E-state index in [2.05, 4.69) is 42.2 Å². The number of benzene rings is 1. The summed E-state index contributed by atoms with van der Waals surface area (Å²) in [5.41, 5.74) is 3.48. The van der Waals surface area contributed by atoms with E-state index in [1.165, 1.54) is 10.9 Å². The van der Waals surface area contributed by atoms with Gasteiger partial charge in [-0.15, -0.1) is 0 Å². The molecule has 1 nitrogen and oxygen atoms in total. The van der Waals surface area contributed by atoms with Crippen LogP contribution in [0.2, 0.25) is 0 Å². The molecule has 0 aliphatic heterocycles. The first-order valence-corrected chi connectivity index (χ1v) is 5.36. The number of rotatable bonds is 2. The molecule has 1 heterocycles. The molecule has 0 saturated heterocycles. The highest BCUT2D eigenvalue weighted by atomic mass is 14.7. The van der Waals surface area contributed by atoms with Crippen LogP contribution in [0.15, 0.2) is 36.4 Å². The molecular weight excluding hydrogens is 182 g/mol. The standard InChI is InChI=1S/C14H15N/c1-3-7-13-11(4-2)10-12-8-5-6-9-14(12)15-13/h3,5-10H,4H2,1-2H3/b7-3-. The summed E-state index contributed by atoms with van der Waals surface area (Å²) in [6.45, 7) is 4.19. The minimum Gasteiger partial charge on any atom is -0.248 e. The van der Waals surface area contributed by atoms with E-state index in [1.807, 2.05) is 19.1 Å². The van der Waals surface area contributed by atoms with Gasteiger partial charge in [0.05, 0.1) is 11.2 Å². The van der Waals surface area contributed by atoms with Crippen molar-refractivity contribution in [1.29, 1.82) is 0 Å². The molecule has 1 aromatic carbocycles. The normalized spacial score (nSPS) is 11.3. The summed E-state index contributed by atoms with van der Waals surface area (Å²) in [5.74, 6) is 0. The highest BCUT2D eigenvalue weighted by molar-refractivity contribution is 5.80. The number of aromatic nitrogens is 1. The number of hydrogen-bond donors (Lipinski definition) is 0. The van der Waals surface area contributed by atoms with E-state index in [-0.39, 0.29) is 0 Å². The third kappa shape index (κ3) is 1.91. The van der Waals surface area contributed by atoms with E-state index in [0.717, 1.165) is 17.6 Å². The van der Waals surface area contributed by atoms with Crippen LogP contribution in [-0.2, 0) is 6.42 Å². The average Bonchev–Trinajstić information content (AvgIpc) is 2.28. The van der Waals surface area contributed by atoms with E-state index in [0.29, 0.717) is 0 Å². The van der Waals surface area contributed by atoms with E-state index in [4.69, 9.17) is 0 Å². The molecule has 0 aliphatic rings. The van der Waals surface area contributed by atoms with Crippen LogP contribution in [0.1, 0.15) is 25.1 Å². The zero-order valence-electron chi connectivity index (χ0n) is 9.20. The lowest BCUT2D eigenvalue weighted by Crippen LogP contribution is -1.91. The number of allylic oxidation sites excluding steroid dienone is 1. The topological polar surface area (TPSA) is 12.9 Å². The molecule has 0 atom stereocenters. The molecule has 1 aromatic heterocycles. The molecule has 0 aliphatic carbocycles. The van der Waals surface area contributed by atoms with Crippen LogP contribution in [0.3, 0.4) is 0 Å². The molecule has 1 heteroatoms. The fourth-order valence-corrected chi connectivity index (χ4v) is 1.76. The largest absolute Gasteiger partial charge is 0.248 e. The van der Waals surface area contributed by atoms with Crippen molar-refractivity contribution in [2.24, 2.45) is 0 Å². The molecule has 0 unspecified atom stereocenters. The summed E-state index contributed by atoms with van der Waals surface area (Å²) >= 11 is 0. The van der Waals surface area contributed by atoms with Gasteiger partial charge in [0.2, 0.25) is 0 Å². The highest BCUT2D eigenvalue weighted by Gasteiger charge is 2.01. The third-order valence-electron chi connectivity index (χ3n) is 2.54. The number of fused-ring (bicyclic) bond motifs is 1. The van der Waals surface area contributed by atoms with Gasteiger partial charge >= 0.3 is 0 Å². The summed E-state index contributed by atoms with van der Waals surface area (Å²) < 4.78 is 0. The molecule has 0 saturated carbocycles. The molecular formula is C14H15N. The Morgan fingerprint density at radius 2 is 2.07 bits per heavy atom. The number of pyridine rings is 1. The molecule has 76 valence electrons. The maximum Gasteiger partial charge on any atom is 0.0709 e. The van der Waals surface area contributed by atoms with Crippen molar-refractivity contribution in [2.75, 3.05) is 0 Å². The average molecular weight is 197 g/mol. The molecule has 0 N–H and O–H groups in total. The first-order valence-electron chi connectivity index (χ1n) is 5.36. The first-order chi connectivity index (χ1) is 7.35. The van der Waals surface area contributed by atoms with Gasteiger partial charge in [-0.05, 0) is 37.1 Å². The fraction of sp³-hybridized carbons (Fsp3) is 0.214. The molecule has 0 spiro atoms. The zero-order valence-corrected chi connectivity index (χ0v) is 9.20. The van der Waals surface area contributed by atoms with Crippen molar-refractivity contribution in [1.82, 2.24) is 4.98 Å². The maximum absolute atomic E-state index is 4.65. The highest BCUT2D eigenvalue weighted by Crippen LogP contribution is 2.18. The summed E-state index contributed by atoms with van der Waals surface area (Å²) in [5, 5.41) is 1.22. The predicted octanol–water partition coefficient (Wildman–Crippen LogP) is 3.83. The zero-order chi connectivity index (χ0) is 10.7. The number of para-hydroxylation sites is 1. The molecule has 0 bridgehead atoms. The van der Waals surface area contributed by atoms with Crippen molar-refractivity contribution in [3.63, 3.8) is 0 Å².